The SMILES string of the molecule is Cc1ccc(C2c3c(c4ccccc4[nH]c3=O)OC(=N)C2C#N)cc1. The fourth-order valence-corrected chi connectivity index (χ4v) is 3.38. The summed E-state index contributed by atoms with van der Waals surface area (Å²) in [6.07, 6.45) is 0. The summed E-state index contributed by atoms with van der Waals surface area (Å²) in [5.74, 6) is -1.12. The lowest BCUT2D eigenvalue weighted by atomic mass is 9.79. The van der Waals surface area contributed by atoms with Crippen LogP contribution in [0.5, 0.6) is 5.75 Å². The minimum atomic E-state index is -0.836. The molecular weight excluding hydrogens is 314 g/mol. The number of hydrogen-bond donors (Lipinski definition) is 2. The molecule has 0 fully saturated rings. The minimum Gasteiger partial charge on any atom is -0.441 e. The van der Waals surface area contributed by atoms with E-state index in [-0.39, 0.29) is 11.5 Å². The summed E-state index contributed by atoms with van der Waals surface area (Å²) in [7, 11) is 0. The largest absolute Gasteiger partial charge is 0.441 e. The predicted octanol–water partition coefficient (Wildman–Crippen LogP) is 3.48. The van der Waals surface area contributed by atoms with Crippen molar-refractivity contribution in [1.29, 1.82) is 10.7 Å². The number of aromatic nitrogens is 1. The van der Waals surface area contributed by atoms with Crippen molar-refractivity contribution in [3.05, 3.63) is 75.6 Å². The maximum atomic E-state index is 12.8. The molecule has 122 valence electrons. The third-order valence-corrected chi connectivity index (χ3v) is 4.62. The van der Waals surface area contributed by atoms with Crippen LogP contribution in [0.1, 0.15) is 22.6 Å². The highest BCUT2D eigenvalue weighted by Crippen LogP contribution is 2.42. The quantitative estimate of drug-likeness (QED) is 0.716. The van der Waals surface area contributed by atoms with Gasteiger partial charge in [-0.25, -0.2) is 0 Å². The number of aryl methyl sites for hydroxylation is 1. The van der Waals surface area contributed by atoms with E-state index in [4.69, 9.17) is 10.1 Å². The Morgan fingerprint density at radius 2 is 1.88 bits per heavy atom. The van der Waals surface area contributed by atoms with Gasteiger partial charge < -0.3 is 9.72 Å². The van der Waals surface area contributed by atoms with Gasteiger partial charge in [0.2, 0.25) is 5.90 Å². The molecule has 0 saturated carbocycles. The number of H-pyrrole nitrogens is 1. The molecule has 0 spiro atoms. The number of nitrogens with one attached hydrogen (secondary N) is 2. The van der Waals surface area contributed by atoms with Gasteiger partial charge in [0, 0.05) is 11.3 Å². The first-order valence-electron chi connectivity index (χ1n) is 7.97. The van der Waals surface area contributed by atoms with Gasteiger partial charge in [-0.1, -0.05) is 42.0 Å². The number of aromatic amines is 1. The highest BCUT2D eigenvalue weighted by Gasteiger charge is 2.39. The molecule has 5 nitrogen and oxygen atoms in total. The number of ether oxygens (including phenoxy) is 1. The van der Waals surface area contributed by atoms with Gasteiger partial charge in [0.25, 0.3) is 5.56 Å². The summed E-state index contributed by atoms with van der Waals surface area (Å²) in [5.41, 5.74) is 2.69. The van der Waals surface area contributed by atoms with Gasteiger partial charge in [0.15, 0.2) is 0 Å². The van der Waals surface area contributed by atoms with E-state index in [0.29, 0.717) is 16.8 Å². The number of nitriles is 1. The maximum Gasteiger partial charge on any atom is 0.256 e. The van der Waals surface area contributed by atoms with Crippen LogP contribution >= 0.6 is 0 Å². The van der Waals surface area contributed by atoms with E-state index in [1.54, 1.807) is 6.07 Å². The molecule has 2 N–H and O–H groups in total. The number of hydrogen-bond acceptors (Lipinski definition) is 4. The van der Waals surface area contributed by atoms with Crippen molar-refractivity contribution in [3.63, 3.8) is 0 Å². The minimum absolute atomic E-state index is 0.128. The summed E-state index contributed by atoms with van der Waals surface area (Å²) < 4.78 is 5.65. The molecule has 0 bridgehead atoms. The number of nitrogens with zero attached hydrogens (tertiary/aromatic N) is 1. The van der Waals surface area contributed by atoms with Gasteiger partial charge in [-0.3, -0.25) is 10.2 Å². The average molecular weight is 329 g/mol. The molecule has 4 rings (SSSR count). The Hall–Kier alpha value is -3.39. The van der Waals surface area contributed by atoms with Crippen LogP contribution in [0.25, 0.3) is 10.9 Å². The Labute approximate surface area is 144 Å². The number of rotatable bonds is 1. The van der Waals surface area contributed by atoms with Crippen LogP contribution in [0.4, 0.5) is 0 Å². The lowest BCUT2D eigenvalue weighted by Crippen LogP contribution is -2.35. The van der Waals surface area contributed by atoms with Crippen LogP contribution in [0.15, 0.2) is 53.3 Å². The average Bonchev–Trinajstić information content (AvgIpc) is 2.61. The first kappa shape index (κ1) is 15.2. The molecule has 2 unspecified atom stereocenters. The Bertz CT molecular complexity index is 1090. The van der Waals surface area contributed by atoms with E-state index >= 15 is 0 Å². The molecule has 2 atom stereocenters. The summed E-state index contributed by atoms with van der Waals surface area (Å²) >= 11 is 0. The van der Waals surface area contributed by atoms with E-state index in [1.165, 1.54) is 0 Å². The smallest absolute Gasteiger partial charge is 0.256 e. The molecule has 1 aliphatic heterocycles. The Balaban J connectivity index is 2.06. The summed E-state index contributed by atoms with van der Waals surface area (Å²) in [6, 6.07) is 17.1. The van der Waals surface area contributed by atoms with Crippen LogP contribution in [0.3, 0.4) is 0 Å². The number of benzene rings is 2. The molecule has 0 aliphatic carbocycles. The first-order valence-corrected chi connectivity index (χ1v) is 7.97. The van der Waals surface area contributed by atoms with Crippen molar-refractivity contribution in [3.8, 4) is 11.8 Å². The third kappa shape index (κ3) is 2.31. The van der Waals surface area contributed by atoms with Crippen LogP contribution in [0, 0.1) is 29.6 Å². The van der Waals surface area contributed by atoms with Gasteiger partial charge in [-0.05, 0) is 24.6 Å². The van der Waals surface area contributed by atoms with Crippen LogP contribution in [-0.2, 0) is 0 Å². The highest BCUT2D eigenvalue weighted by atomic mass is 16.5. The van der Waals surface area contributed by atoms with Gasteiger partial charge >= 0.3 is 0 Å². The van der Waals surface area contributed by atoms with Gasteiger partial charge in [0.1, 0.15) is 11.7 Å². The second-order valence-corrected chi connectivity index (χ2v) is 6.20. The molecule has 3 aromatic rings. The molecule has 0 amide bonds. The van der Waals surface area contributed by atoms with Crippen molar-refractivity contribution in [1.82, 2.24) is 4.98 Å². The lowest BCUT2D eigenvalue weighted by molar-refractivity contribution is 0.452. The lowest BCUT2D eigenvalue weighted by Gasteiger charge is -2.30. The van der Waals surface area contributed by atoms with E-state index in [2.05, 4.69) is 11.1 Å². The highest BCUT2D eigenvalue weighted by molar-refractivity contribution is 5.93. The standard InChI is InChI=1S/C20H15N3O2/c1-11-6-8-12(9-7-11)16-14(10-21)19(22)25-18-13-4-2-3-5-15(13)23-20(24)17(16)18/h2-9,14,16,22H,1H3,(H,23,24). The van der Waals surface area contributed by atoms with Crippen molar-refractivity contribution in [2.45, 2.75) is 12.8 Å². The van der Waals surface area contributed by atoms with Gasteiger partial charge in [0.05, 0.1) is 17.1 Å². The fraction of sp³-hybridized carbons (Fsp3) is 0.150. The predicted molar refractivity (Wildman–Crippen MR) is 95.0 cm³/mol. The van der Waals surface area contributed by atoms with Crippen molar-refractivity contribution in [2.24, 2.45) is 5.92 Å². The van der Waals surface area contributed by atoms with Crippen molar-refractivity contribution < 1.29 is 4.74 Å². The van der Waals surface area contributed by atoms with E-state index in [0.717, 1.165) is 16.5 Å². The molecular formula is C20H15N3O2. The van der Waals surface area contributed by atoms with E-state index < -0.39 is 11.8 Å². The number of fused-ring (bicyclic) bond motifs is 3. The summed E-state index contributed by atoms with van der Waals surface area (Å²) in [6.45, 7) is 1.98. The molecule has 2 aromatic carbocycles. The molecule has 0 saturated heterocycles. The van der Waals surface area contributed by atoms with Crippen LogP contribution in [-0.4, -0.2) is 10.9 Å². The zero-order chi connectivity index (χ0) is 17.6. The van der Waals surface area contributed by atoms with Crippen molar-refractivity contribution >= 4 is 16.8 Å². The van der Waals surface area contributed by atoms with E-state index in [1.807, 2.05) is 49.4 Å². The summed E-state index contributed by atoms with van der Waals surface area (Å²) in [5, 5.41) is 18.5. The Morgan fingerprint density at radius 1 is 1.16 bits per heavy atom. The maximum absolute atomic E-state index is 12.8. The monoisotopic (exact) mass is 329 g/mol. The second kappa shape index (κ2) is 5.60. The Morgan fingerprint density at radius 3 is 2.60 bits per heavy atom. The van der Waals surface area contributed by atoms with Crippen LogP contribution < -0.4 is 10.3 Å². The van der Waals surface area contributed by atoms with Crippen LogP contribution in [0.2, 0.25) is 0 Å². The summed E-state index contributed by atoms with van der Waals surface area (Å²) in [4.78, 5) is 15.7. The fourth-order valence-electron chi connectivity index (χ4n) is 3.38. The zero-order valence-electron chi connectivity index (χ0n) is 13.5. The molecule has 2 heterocycles. The number of pyridine rings is 1. The van der Waals surface area contributed by atoms with Crippen molar-refractivity contribution in [2.75, 3.05) is 0 Å². The number of para-hydroxylation sites is 1. The van der Waals surface area contributed by atoms with E-state index in [9.17, 15) is 10.1 Å². The zero-order valence-corrected chi connectivity index (χ0v) is 13.5. The Kier molecular flexibility index (Phi) is 3.40. The van der Waals surface area contributed by atoms with Gasteiger partial charge in [-0.2, -0.15) is 5.26 Å². The van der Waals surface area contributed by atoms with Gasteiger partial charge in [-0.15, -0.1) is 0 Å². The second-order valence-electron chi connectivity index (χ2n) is 6.20. The normalized spacial score (nSPS) is 19.1. The molecule has 5 heteroatoms. The third-order valence-electron chi connectivity index (χ3n) is 4.62. The molecule has 1 aromatic heterocycles. The first-order chi connectivity index (χ1) is 12.1. The topological polar surface area (TPSA) is 89.7 Å². The molecule has 1 aliphatic rings. The molecule has 0 radical (unpaired) electrons. The molecule has 25 heavy (non-hydrogen) atoms.